The van der Waals surface area contributed by atoms with Gasteiger partial charge in [-0.25, -0.2) is 4.39 Å². The predicted octanol–water partition coefficient (Wildman–Crippen LogP) is 4.46. The molecule has 3 rings (SSSR count). The van der Waals surface area contributed by atoms with E-state index in [9.17, 15) is 4.39 Å². The van der Waals surface area contributed by atoms with Crippen molar-refractivity contribution in [3.8, 4) is 0 Å². The molecule has 1 saturated carbocycles. The van der Waals surface area contributed by atoms with Gasteiger partial charge in [0.05, 0.1) is 6.54 Å². The maximum Gasteiger partial charge on any atom is 0.128 e. The average Bonchev–Trinajstić information content (AvgIpc) is 2.94. The first kappa shape index (κ1) is 12.3. The number of anilines is 1. The monoisotopic (exact) mass is 259 g/mol. The molecule has 0 spiro atoms. The first-order chi connectivity index (χ1) is 9.13. The number of hydrogen-bond donors (Lipinski definition) is 1. The fraction of sp³-hybridized carbons (Fsp3) is 0.375. The normalized spacial score (nSPS) is 21.4. The summed E-state index contributed by atoms with van der Waals surface area (Å²) in [5, 5.41) is 3.18. The Morgan fingerprint density at radius 3 is 2.79 bits per heavy atom. The van der Waals surface area contributed by atoms with Gasteiger partial charge in [-0.3, -0.25) is 0 Å². The van der Waals surface area contributed by atoms with Crippen LogP contribution in [-0.2, 0) is 6.54 Å². The van der Waals surface area contributed by atoms with E-state index >= 15 is 0 Å². The van der Waals surface area contributed by atoms with Gasteiger partial charge in [-0.2, -0.15) is 0 Å². The van der Waals surface area contributed by atoms with Gasteiger partial charge in [0.1, 0.15) is 17.3 Å². The smallest absolute Gasteiger partial charge is 0.128 e. The van der Waals surface area contributed by atoms with Crippen LogP contribution in [0.15, 0.2) is 34.7 Å². The molecule has 100 valence electrons. The Balaban J connectivity index is 1.62. The van der Waals surface area contributed by atoms with E-state index in [0.29, 0.717) is 18.0 Å². The minimum absolute atomic E-state index is 0.183. The van der Waals surface area contributed by atoms with Crippen molar-refractivity contribution in [2.75, 3.05) is 5.32 Å². The highest BCUT2D eigenvalue weighted by Crippen LogP contribution is 2.47. The van der Waals surface area contributed by atoms with Gasteiger partial charge in [-0.1, -0.05) is 13.0 Å². The Hall–Kier alpha value is -1.77. The van der Waals surface area contributed by atoms with Gasteiger partial charge in [0.15, 0.2) is 0 Å². The number of furan rings is 1. The molecule has 1 N–H and O–H groups in total. The van der Waals surface area contributed by atoms with E-state index in [1.807, 2.05) is 12.1 Å². The summed E-state index contributed by atoms with van der Waals surface area (Å²) in [7, 11) is 0. The fourth-order valence-corrected chi connectivity index (χ4v) is 2.30. The summed E-state index contributed by atoms with van der Waals surface area (Å²) in [5.41, 5.74) is 1.44. The lowest BCUT2D eigenvalue weighted by molar-refractivity contribution is 0.468. The number of nitrogens with one attached hydrogen (secondary N) is 1. The zero-order chi connectivity index (χ0) is 13.4. The van der Waals surface area contributed by atoms with Crippen molar-refractivity contribution in [2.45, 2.75) is 32.7 Å². The van der Waals surface area contributed by atoms with Crippen LogP contribution in [0.4, 0.5) is 10.1 Å². The molecule has 2 atom stereocenters. The highest BCUT2D eigenvalue weighted by atomic mass is 19.1. The van der Waals surface area contributed by atoms with Crippen molar-refractivity contribution < 1.29 is 8.81 Å². The van der Waals surface area contributed by atoms with Gasteiger partial charge in [0.2, 0.25) is 0 Å². The van der Waals surface area contributed by atoms with Crippen LogP contribution in [-0.4, -0.2) is 0 Å². The van der Waals surface area contributed by atoms with E-state index in [4.69, 9.17) is 4.42 Å². The van der Waals surface area contributed by atoms with E-state index in [1.165, 1.54) is 12.5 Å². The molecule has 2 nitrogen and oxygen atoms in total. The molecule has 0 radical (unpaired) electrons. The Labute approximate surface area is 112 Å². The Bertz CT molecular complexity index is 590. The lowest BCUT2D eigenvalue weighted by Crippen LogP contribution is -1.98. The summed E-state index contributed by atoms with van der Waals surface area (Å²) in [4.78, 5) is 0. The molecule has 1 aliphatic rings. The molecule has 1 aliphatic carbocycles. The second-order valence-corrected chi connectivity index (χ2v) is 5.44. The first-order valence-corrected chi connectivity index (χ1v) is 6.72. The van der Waals surface area contributed by atoms with Gasteiger partial charge in [0.25, 0.3) is 0 Å². The highest BCUT2D eigenvalue weighted by molar-refractivity contribution is 5.45. The fourth-order valence-electron chi connectivity index (χ4n) is 2.30. The van der Waals surface area contributed by atoms with E-state index in [1.54, 1.807) is 13.0 Å². The Morgan fingerprint density at radius 1 is 1.32 bits per heavy atom. The van der Waals surface area contributed by atoms with Crippen molar-refractivity contribution in [3.05, 3.63) is 53.2 Å². The molecule has 19 heavy (non-hydrogen) atoms. The maximum atomic E-state index is 13.4. The third kappa shape index (κ3) is 2.65. The SMILES string of the molecule is Cc1ccc(NCc2ccc(C3CC3C)o2)cc1F. The summed E-state index contributed by atoms with van der Waals surface area (Å²) in [6, 6.07) is 9.23. The van der Waals surface area contributed by atoms with E-state index in [-0.39, 0.29) is 5.82 Å². The number of aryl methyl sites for hydroxylation is 1. The van der Waals surface area contributed by atoms with Crippen LogP contribution in [0.25, 0.3) is 0 Å². The third-order valence-corrected chi connectivity index (χ3v) is 3.80. The molecule has 1 heterocycles. The Morgan fingerprint density at radius 2 is 2.11 bits per heavy atom. The summed E-state index contributed by atoms with van der Waals surface area (Å²) in [6.07, 6.45) is 1.23. The second-order valence-electron chi connectivity index (χ2n) is 5.44. The number of benzene rings is 1. The van der Waals surface area contributed by atoms with Crippen molar-refractivity contribution >= 4 is 5.69 Å². The van der Waals surface area contributed by atoms with Crippen LogP contribution in [0.2, 0.25) is 0 Å². The highest BCUT2D eigenvalue weighted by Gasteiger charge is 2.36. The molecule has 0 aliphatic heterocycles. The maximum absolute atomic E-state index is 13.4. The summed E-state index contributed by atoms with van der Waals surface area (Å²) in [5.74, 6) is 3.15. The van der Waals surface area contributed by atoms with Gasteiger partial charge in [0, 0.05) is 11.6 Å². The molecule has 0 bridgehead atoms. The molecule has 3 heteroatoms. The Kier molecular flexibility index (Phi) is 3.05. The lowest BCUT2D eigenvalue weighted by atomic mass is 10.2. The average molecular weight is 259 g/mol. The molecule has 1 fully saturated rings. The van der Waals surface area contributed by atoms with E-state index in [0.717, 1.165) is 23.1 Å². The van der Waals surface area contributed by atoms with Gasteiger partial charge >= 0.3 is 0 Å². The largest absolute Gasteiger partial charge is 0.464 e. The number of rotatable bonds is 4. The molecule has 1 aromatic heterocycles. The van der Waals surface area contributed by atoms with Crippen molar-refractivity contribution in [1.29, 1.82) is 0 Å². The molecular formula is C16H18FNO. The third-order valence-electron chi connectivity index (χ3n) is 3.80. The second kappa shape index (κ2) is 4.72. The predicted molar refractivity (Wildman–Crippen MR) is 73.7 cm³/mol. The van der Waals surface area contributed by atoms with E-state index in [2.05, 4.69) is 18.3 Å². The minimum Gasteiger partial charge on any atom is -0.464 e. The summed E-state index contributed by atoms with van der Waals surface area (Å²) >= 11 is 0. The molecule has 1 aromatic carbocycles. The summed E-state index contributed by atoms with van der Waals surface area (Å²) < 4.78 is 19.2. The van der Waals surface area contributed by atoms with Crippen molar-refractivity contribution in [1.82, 2.24) is 0 Å². The van der Waals surface area contributed by atoms with Crippen LogP contribution >= 0.6 is 0 Å². The molecule has 0 amide bonds. The van der Waals surface area contributed by atoms with Crippen LogP contribution in [0.5, 0.6) is 0 Å². The van der Waals surface area contributed by atoms with Crippen LogP contribution < -0.4 is 5.32 Å². The van der Waals surface area contributed by atoms with Crippen molar-refractivity contribution in [2.24, 2.45) is 5.92 Å². The van der Waals surface area contributed by atoms with Gasteiger partial charge in [-0.05, 0) is 49.1 Å². The van der Waals surface area contributed by atoms with E-state index < -0.39 is 0 Å². The first-order valence-electron chi connectivity index (χ1n) is 6.72. The zero-order valence-electron chi connectivity index (χ0n) is 11.2. The van der Waals surface area contributed by atoms with Crippen molar-refractivity contribution in [3.63, 3.8) is 0 Å². The molecule has 2 aromatic rings. The van der Waals surface area contributed by atoms with Crippen LogP contribution in [0.1, 0.15) is 36.3 Å². The lowest BCUT2D eigenvalue weighted by Gasteiger charge is -2.05. The van der Waals surface area contributed by atoms with Gasteiger partial charge in [-0.15, -0.1) is 0 Å². The summed E-state index contributed by atoms with van der Waals surface area (Å²) in [6.45, 7) is 4.58. The molecular weight excluding hydrogens is 241 g/mol. The molecule has 0 saturated heterocycles. The topological polar surface area (TPSA) is 25.2 Å². The molecule has 2 unspecified atom stereocenters. The van der Waals surface area contributed by atoms with Crippen LogP contribution in [0.3, 0.4) is 0 Å². The minimum atomic E-state index is -0.183. The quantitative estimate of drug-likeness (QED) is 0.876. The standard InChI is InChI=1S/C16H18FNO/c1-10-3-4-12(8-15(10)17)18-9-13-5-6-16(19-13)14-7-11(14)2/h3-6,8,11,14,18H,7,9H2,1-2H3. The zero-order valence-corrected chi connectivity index (χ0v) is 11.2. The number of hydrogen-bond acceptors (Lipinski definition) is 2. The van der Waals surface area contributed by atoms with Crippen LogP contribution in [0, 0.1) is 18.7 Å². The van der Waals surface area contributed by atoms with Gasteiger partial charge < -0.3 is 9.73 Å². The number of halogens is 1.